The maximum Gasteiger partial charge on any atom is 0.212 e. The van der Waals surface area contributed by atoms with Gasteiger partial charge in [-0.2, -0.15) is 5.06 Å². The second-order valence-corrected chi connectivity index (χ2v) is 7.97. The number of fused-ring (bicyclic) bond motifs is 1. The molecule has 0 unspecified atom stereocenters. The summed E-state index contributed by atoms with van der Waals surface area (Å²) in [6.45, 7) is 8.41. The summed E-state index contributed by atoms with van der Waals surface area (Å²) >= 11 is 0. The van der Waals surface area contributed by atoms with Crippen LogP contribution in [-0.2, 0) is 4.84 Å². The highest BCUT2D eigenvalue weighted by atomic mass is 16.7. The van der Waals surface area contributed by atoms with Crippen molar-refractivity contribution in [2.45, 2.75) is 0 Å². The lowest BCUT2D eigenvalue weighted by Crippen LogP contribution is -2.20. The molecule has 0 saturated carbocycles. The van der Waals surface area contributed by atoms with Crippen LogP contribution in [0.25, 0.3) is 28.1 Å². The molecule has 170 valence electrons. The van der Waals surface area contributed by atoms with Crippen LogP contribution in [-0.4, -0.2) is 9.97 Å². The minimum absolute atomic E-state index is 0.240. The van der Waals surface area contributed by atoms with Gasteiger partial charge in [0, 0.05) is 16.7 Å². The molecule has 4 aromatic rings. The standard InChI is InChI=1S/C30H24N4O/c1-21-13-11-12-20-35-34(26-19-10-9-18-25(26)22(21)2)30-29(31)32-27(23-14-5-3-6-15-23)28(33-30)24-16-7-4-8-17-24/h3-20H,1-2H2,(H2,31,32)/b13-11-,20-12-. The predicted octanol–water partition coefficient (Wildman–Crippen LogP) is 7.12. The first-order chi connectivity index (χ1) is 17.1. The average molecular weight is 457 g/mol. The minimum Gasteiger partial charge on any atom is -0.381 e. The van der Waals surface area contributed by atoms with Gasteiger partial charge in [0.1, 0.15) is 6.26 Å². The van der Waals surface area contributed by atoms with Crippen LogP contribution < -0.4 is 10.8 Å². The van der Waals surface area contributed by atoms with E-state index in [0.29, 0.717) is 17.2 Å². The van der Waals surface area contributed by atoms with E-state index in [1.807, 2.05) is 97.1 Å². The number of benzene rings is 3. The molecule has 5 nitrogen and oxygen atoms in total. The molecule has 0 atom stereocenters. The van der Waals surface area contributed by atoms with Crippen LogP contribution in [0.3, 0.4) is 0 Å². The highest BCUT2D eigenvalue weighted by molar-refractivity contribution is 5.89. The van der Waals surface area contributed by atoms with E-state index in [-0.39, 0.29) is 5.82 Å². The van der Waals surface area contributed by atoms with E-state index in [1.165, 1.54) is 0 Å². The molecule has 0 bridgehead atoms. The van der Waals surface area contributed by atoms with Gasteiger partial charge in [-0.05, 0) is 23.3 Å². The van der Waals surface area contributed by atoms with Crippen molar-refractivity contribution in [3.8, 4) is 22.5 Å². The monoisotopic (exact) mass is 456 g/mol. The van der Waals surface area contributed by atoms with Gasteiger partial charge in [0.15, 0.2) is 5.82 Å². The highest BCUT2D eigenvalue weighted by Crippen LogP contribution is 2.39. The molecule has 0 aliphatic carbocycles. The molecule has 1 aromatic heterocycles. The summed E-state index contributed by atoms with van der Waals surface area (Å²) in [7, 11) is 0. The number of hydrogen-bond donors (Lipinski definition) is 1. The Labute approximate surface area is 204 Å². The fourth-order valence-electron chi connectivity index (χ4n) is 3.90. The van der Waals surface area contributed by atoms with Gasteiger partial charge in [0.05, 0.1) is 17.1 Å². The molecule has 0 saturated heterocycles. The third-order valence-electron chi connectivity index (χ3n) is 5.68. The van der Waals surface area contributed by atoms with Crippen molar-refractivity contribution in [1.82, 2.24) is 9.97 Å². The van der Waals surface area contributed by atoms with Crippen LogP contribution in [0.5, 0.6) is 0 Å². The molecular weight excluding hydrogens is 432 g/mol. The Hall–Kier alpha value is -4.90. The van der Waals surface area contributed by atoms with Crippen molar-refractivity contribution in [2.24, 2.45) is 0 Å². The lowest BCUT2D eigenvalue weighted by atomic mass is 9.98. The van der Waals surface area contributed by atoms with Crippen LogP contribution in [0, 0.1) is 0 Å². The number of nitrogens with two attached hydrogens (primary N) is 1. The second-order valence-electron chi connectivity index (χ2n) is 7.97. The number of allylic oxidation sites excluding steroid dienone is 5. The predicted molar refractivity (Wildman–Crippen MR) is 143 cm³/mol. The van der Waals surface area contributed by atoms with Crippen molar-refractivity contribution in [3.63, 3.8) is 0 Å². The minimum atomic E-state index is 0.240. The molecule has 0 amide bonds. The number of para-hydroxylation sites is 1. The second kappa shape index (κ2) is 9.53. The number of nitrogen functional groups attached to an aromatic ring is 1. The number of rotatable bonds is 3. The topological polar surface area (TPSA) is 64.3 Å². The molecular formula is C30H24N4O. The summed E-state index contributed by atoms with van der Waals surface area (Å²) in [5.41, 5.74) is 12.9. The summed E-state index contributed by atoms with van der Waals surface area (Å²) in [6.07, 6.45) is 7.09. The summed E-state index contributed by atoms with van der Waals surface area (Å²) in [6, 6.07) is 27.6. The smallest absolute Gasteiger partial charge is 0.212 e. The van der Waals surface area contributed by atoms with Gasteiger partial charge in [-0.1, -0.05) is 104 Å². The van der Waals surface area contributed by atoms with E-state index in [9.17, 15) is 0 Å². The van der Waals surface area contributed by atoms with Crippen LogP contribution in [0.15, 0.2) is 128 Å². The van der Waals surface area contributed by atoms with E-state index in [1.54, 1.807) is 17.4 Å². The Morgan fingerprint density at radius 1 is 0.714 bits per heavy atom. The number of aromatic nitrogens is 2. The maximum absolute atomic E-state index is 6.54. The third-order valence-corrected chi connectivity index (χ3v) is 5.68. The summed E-state index contributed by atoms with van der Waals surface area (Å²) in [4.78, 5) is 15.9. The van der Waals surface area contributed by atoms with Gasteiger partial charge in [-0.15, -0.1) is 0 Å². The zero-order valence-corrected chi connectivity index (χ0v) is 19.1. The molecule has 1 aliphatic heterocycles. The zero-order valence-electron chi connectivity index (χ0n) is 19.1. The molecule has 2 N–H and O–H groups in total. The van der Waals surface area contributed by atoms with Crippen LogP contribution in [0.4, 0.5) is 17.3 Å². The molecule has 5 heteroatoms. The summed E-state index contributed by atoms with van der Waals surface area (Å²) < 4.78 is 0. The van der Waals surface area contributed by atoms with Crippen molar-refractivity contribution >= 4 is 22.9 Å². The number of hydrogen-bond acceptors (Lipinski definition) is 5. The molecule has 0 fully saturated rings. The molecule has 5 rings (SSSR count). The first kappa shape index (κ1) is 21.9. The van der Waals surface area contributed by atoms with Gasteiger partial charge in [-0.3, -0.25) is 0 Å². The van der Waals surface area contributed by atoms with Crippen LogP contribution in [0.1, 0.15) is 5.56 Å². The SMILES string of the molecule is C=C1/C=C\C=C/ON(c2nc(-c3ccccc3)c(-c3ccccc3)nc2N)c2ccccc2C1=C. The Balaban J connectivity index is 1.75. The van der Waals surface area contributed by atoms with Crippen LogP contribution >= 0.6 is 0 Å². The van der Waals surface area contributed by atoms with E-state index in [0.717, 1.165) is 33.5 Å². The van der Waals surface area contributed by atoms with Gasteiger partial charge in [-0.25, -0.2) is 9.97 Å². The molecule has 35 heavy (non-hydrogen) atoms. The van der Waals surface area contributed by atoms with E-state index in [2.05, 4.69) is 13.2 Å². The molecule has 0 spiro atoms. The van der Waals surface area contributed by atoms with Crippen molar-refractivity contribution < 1.29 is 4.84 Å². The first-order valence-corrected chi connectivity index (χ1v) is 11.2. The van der Waals surface area contributed by atoms with Gasteiger partial charge in [0.2, 0.25) is 5.82 Å². The largest absolute Gasteiger partial charge is 0.381 e. The lowest BCUT2D eigenvalue weighted by molar-refractivity contribution is 0.251. The maximum atomic E-state index is 6.54. The summed E-state index contributed by atoms with van der Waals surface area (Å²) in [5, 5.41) is 1.59. The van der Waals surface area contributed by atoms with E-state index < -0.39 is 0 Å². The fraction of sp³-hybridized carbons (Fsp3) is 0. The van der Waals surface area contributed by atoms with Gasteiger partial charge in [0.25, 0.3) is 0 Å². The van der Waals surface area contributed by atoms with E-state index in [4.69, 9.17) is 20.5 Å². The highest BCUT2D eigenvalue weighted by Gasteiger charge is 2.24. The average Bonchev–Trinajstić information content (AvgIpc) is 2.91. The fourth-order valence-corrected chi connectivity index (χ4v) is 3.90. The van der Waals surface area contributed by atoms with Crippen molar-refractivity contribution in [3.05, 3.63) is 134 Å². The Morgan fingerprint density at radius 2 is 1.31 bits per heavy atom. The Bertz CT molecular complexity index is 1460. The third kappa shape index (κ3) is 4.35. The van der Waals surface area contributed by atoms with Gasteiger partial charge < -0.3 is 10.6 Å². The van der Waals surface area contributed by atoms with Crippen LogP contribution in [0.2, 0.25) is 0 Å². The quantitative estimate of drug-likeness (QED) is 0.356. The van der Waals surface area contributed by atoms with Crippen molar-refractivity contribution in [1.29, 1.82) is 0 Å². The molecule has 1 aliphatic rings. The van der Waals surface area contributed by atoms with E-state index >= 15 is 0 Å². The Kier molecular flexibility index (Phi) is 5.97. The zero-order chi connectivity index (χ0) is 24.2. The lowest BCUT2D eigenvalue weighted by Gasteiger charge is -2.26. The van der Waals surface area contributed by atoms with Gasteiger partial charge >= 0.3 is 0 Å². The van der Waals surface area contributed by atoms with Crippen molar-refractivity contribution in [2.75, 3.05) is 10.8 Å². The summed E-state index contributed by atoms with van der Waals surface area (Å²) in [5.74, 6) is 0.618. The normalized spacial score (nSPS) is 15.1. The number of nitrogens with zero attached hydrogens (tertiary/aromatic N) is 3. The molecule has 3 aromatic carbocycles. The Morgan fingerprint density at radius 3 is 2.00 bits per heavy atom. The molecule has 0 radical (unpaired) electrons. The number of anilines is 3. The molecule has 2 heterocycles. The first-order valence-electron chi connectivity index (χ1n) is 11.2.